The Kier molecular flexibility index (Phi) is 7.67. The summed E-state index contributed by atoms with van der Waals surface area (Å²) >= 11 is -1.22. The molecule has 3 N–H and O–H groups in total. The molecule has 2 fully saturated rings. The van der Waals surface area contributed by atoms with E-state index in [1.807, 2.05) is 0 Å². The first-order chi connectivity index (χ1) is 16.3. The van der Waals surface area contributed by atoms with Crippen LogP contribution in [0.15, 0.2) is 52.3 Å². The summed E-state index contributed by atoms with van der Waals surface area (Å²) in [7, 11) is 1.78. The van der Waals surface area contributed by atoms with Crippen molar-refractivity contribution < 1.29 is 18.5 Å². The molecule has 34 heavy (non-hydrogen) atoms. The van der Waals surface area contributed by atoms with E-state index in [-0.39, 0.29) is 23.9 Å². The third kappa shape index (κ3) is 5.85. The van der Waals surface area contributed by atoms with Gasteiger partial charge < -0.3 is 30.1 Å². The number of piperidine rings is 2. The van der Waals surface area contributed by atoms with Crippen LogP contribution in [-0.4, -0.2) is 70.7 Å². The number of nitrogens with one attached hydrogen (secondary N) is 1. The van der Waals surface area contributed by atoms with Crippen molar-refractivity contribution in [1.29, 1.82) is 0 Å². The van der Waals surface area contributed by atoms with Crippen molar-refractivity contribution >= 4 is 22.9 Å². The van der Waals surface area contributed by atoms with Crippen molar-refractivity contribution in [3.8, 4) is 5.75 Å². The topological polar surface area (TPSA) is 106 Å². The van der Waals surface area contributed by atoms with E-state index in [2.05, 4.69) is 16.8 Å². The van der Waals surface area contributed by atoms with E-state index in [4.69, 9.17) is 15.5 Å². The highest BCUT2D eigenvalue weighted by Crippen LogP contribution is 2.26. The number of rotatable bonds is 6. The summed E-state index contributed by atoms with van der Waals surface area (Å²) in [5, 5.41) is 3.41. The maximum Gasteiger partial charge on any atom is 0.222 e. The molecular formula is C24H32FN5O3S. The maximum atomic E-state index is 13.1. The van der Waals surface area contributed by atoms with Gasteiger partial charge >= 0.3 is 0 Å². The third-order valence-electron chi connectivity index (χ3n) is 6.42. The van der Waals surface area contributed by atoms with Crippen LogP contribution in [-0.2, 0) is 16.0 Å². The van der Waals surface area contributed by atoms with E-state index in [1.165, 1.54) is 12.1 Å². The third-order valence-corrected chi connectivity index (χ3v) is 7.91. The Balaban J connectivity index is 1.41. The Morgan fingerprint density at radius 3 is 2.59 bits per heavy atom. The molecule has 0 aromatic heterocycles. The minimum absolute atomic E-state index is 0.00185. The molecule has 0 bridgehead atoms. The molecular weight excluding hydrogens is 457 g/mol. The fourth-order valence-corrected chi connectivity index (χ4v) is 5.76. The number of carbonyl (C=O) groups is 1. The predicted molar refractivity (Wildman–Crippen MR) is 131 cm³/mol. The summed E-state index contributed by atoms with van der Waals surface area (Å²) in [6, 6.07) is 6.06. The number of halogens is 1. The smallest absolute Gasteiger partial charge is 0.222 e. The van der Waals surface area contributed by atoms with Crippen molar-refractivity contribution in [3.05, 3.63) is 53.1 Å². The van der Waals surface area contributed by atoms with Crippen LogP contribution in [0.3, 0.4) is 0 Å². The lowest BCUT2D eigenvalue weighted by atomic mass is 10.1. The van der Waals surface area contributed by atoms with Gasteiger partial charge in [-0.05, 0) is 41.9 Å². The Labute approximate surface area is 202 Å². The summed E-state index contributed by atoms with van der Waals surface area (Å²) in [6.45, 7) is 6.14. The first kappa shape index (κ1) is 24.4. The second-order valence-corrected chi connectivity index (χ2v) is 10.5. The number of nitrogens with zero attached hydrogens (tertiary/aromatic N) is 3. The van der Waals surface area contributed by atoms with Gasteiger partial charge in [0.15, 0.2) is 5.84 Å². The molecule has 2 saturated heterocycles. The molecule has 1 amide bonds. The van der Waals surface area contributed by atoms with Crippen LogP contribution in [0.4, 0.5) is 4.39 Å². The number of hydrogen-bond acceptors (Lipinski definition) is 6. The average molecular weight is 490 g/mol. The standard InChI is InChI=1S/C24H32FN5O3S/c1-16(30-12-9-20(10-13-30)33-19-6-3-17(25)4-7-19)27-24(23-21(26)11-14-34(23)32)28-18-5-8-22(31)29(2)15-18/h3-4,6-7,18,20H,1,5,8-15,26H2,2H3,(H,27,28)/t18-,34?/m0/s1. The number of likely N-dealkylation sites (tertiary alicyclic amines) is 2. The van der Waals surface area contributed by atoms with Gasteiger partial charge in [-0.3, -0.25) is 4.79 Å². The zero-order valence-corrected chi connectivity index (χ0v) is 20.3. The maximum absolute atomic E-state index is 13.1. The van der Waals surface area contributed by atoms with Gasteiger partial charge in [-0.2, -0.15) is 0 Å². The monoisotopic (exact) mass is 489 g/mol. The van der Waals surface area contributed by atoms with Gasteiger partial charge in [-0.15, -0.1) is 0 Å². The Morgan fingerprint density at radius 1 is 1.26 bits per heavy atom. The summed E-state index contributed by atoms with van der Waals surface area (Å²) in [6.07, 6.45) is 3.31. The SMILES string of the molecule is C=C(/N=C(/N[C@H]1CCC(=O)N(C)C1)C1=C(N)CC[S+]1[O-])N1CCC(Oc2ccc(F)cc2)CC1. The van der Waals surface area contributed by atoms with Crippen molar-refractivity contribution in [2.75, 3.05) is 32.4 Å². The Morgan fingerprint density at radius 2 is 1.97 bits per heavy atom. The van der Waals surface area contributed by atoms with E-state index in [9.17, 15) is 13.7 Å². The van der Waals surface area contributed by atoms with Gasteiger partial charge in [0.2, 0.25) is 10.8 Å². The zero-order valence-electron chi connectivity index (χ0n) is 19.5. The molecule has 1 aromatic carbocycles. The highest BCUT2D eigenvalue weighted by Gasteiger charge is 2.34. The van der Waals surface area contributed by atoms with E-state index in [0.29, 0.717) is 72.7 Å². The molecule has 0 spiro atoms. The van der Waals surface area contributed by atoms with Gasteiger partial charge in [0, 0.05) is 58.4 Å². The number of allylic oxidation sites excluding steroid dienone is 1. The van der Waals surface area contributed by atoms with Crippen LogP contribution in [0.5, 0.6) is 5.75 Å². The Hall–Kier alpha value is -2.72. The van der Waals surface area contributed by atoms with Crippen LogP contribution in [0.25, 0.3) is 0 Å². The lowest BCUT2D eigenvalue weighted by Crippen LogP contribution is -2.49. The van der Waals surface area contributed by atoms with Gasteiger partial charge in [-0.1, -0.05) is 6.58 Å². The largest absolute Gasteiger partial charge is 0.611 e. The Bertz CT molecular complexity index is 975. The predicted octanol–water partition coefficient (Wildman–Crippen LogP) is 2.07. The van der Waals surface area contributed by atoms with Gasteiger partial charge in [0.1, 0.15) is 29.2 Å². The quantitative estimate of drug-likeness (QED) is 0.360. The van der Waals surface area contributed by atoms with E-state index in [0.717, 1.165) is 12.8 Å². The molecule has 0 radical (unpaired) electrons. The van der Waals surface area contributed by atoms with E-state index >= 15 is 0 Å². The van der Waals surface area contributed by atoms with Crippen molar-refractivity contribution in [2.45, 2.75) is 44.2 Å². The molecule has 10 heteroatoms. The van der Waals surface area contributed by atoms with Crippen molar-refractivity contribution in [3.63, 3.8) is 0 Å². The normalized spacial score (nSPS) is 24.6. The molecule has 3 aliphatic rings. The van der Waals surface area contributed by atoms with Crippen LogP contribution < -0.4 is 15.8 Å². The molecule has 4 rings (SSSR count). The van der Waals surface area contributed by atoms with Gasteiger partial charge in [-0.25, -0.2) is 9.38 Å². The highest BCUT2D eigenvalue weighted by atomic mass is 32.2. The van der Waals surface area contributed by atoms with Gasteiger partial charge in [0.05, 0.1) is 5.70 Å². The summed E-state index contributed by atoms with van der Waals surface area (Å²) < 4.78 is 31.8. The van der Waals surface area contributed by atoms with Crippen LogP contribution in [0.2, 0.25) is 0 Å². The number of benzene rings is 1. The van der Waals surface area contributed by atoms with Crippen LogP contribution in [0, 0.1) is 5.82 Å². The minimum atomic E-state index is -1.22. The molecule has 1 unspecified atom stereocenters. The first-order valence-corrected chi connectivity index (χ1v) is 12.9. The zero-order chi connectivity index (χ0) is 24.2. The molecule has 2 atom stereocenters. The molecule has 8 nitrogen and oxygen atoms in total. The number of likely N-dealkylation sites (N-methyl/N-ethyl adjacent to an activating group) is 1. The molecule has 3 aliphatic heterocycles. The lowest BCUT2D eigenvalue weighted by molar-refractivity contribution is -0.132. The van der Waals surface area contributed by atoms with Crippen LogP contribution >= 0.6 is 0 Å². The number of carbonyl (C=O) groups excluding carboxylic acids is 1. The number of nitrogens with two attached hydrogens (primary N) is 1. The summed E-state index contributed by atoms with van der Waals surface area (Å²) in [5.41, 5.74) is 6.78. The first-order valence-electron chi connectivity index (χ1n) is 11.6. The van der Waals surface area contributed by atoms with Gasteiger partial charge in [0.25, 0.3) is 0 Å². The minimum Gasteiger partial charge on any atom is -0.611 e. The molecule has 0 aliphatic carbocycles. The molecule has 1 aromatic rings. The number of amidine groups is 1. The molecule has 184 valence electrons. The number of aliphatic imine (C=N–C) groups is 1. The highest BCUT2D eigenvalue weighted by molar-refractivity contribution is 7.96. The average Bonchev–Trinajstić information content (AvgIpc) is 3.15. The van der Waals surface area contributed by atoms with E-state index < -0.39 is 11.2 Å². The van der Waals surface area contributed by atoms with Crippen LogP contribution in [0.1, 0.15) is 32.1 Å². The second-order valence-electron chi connectivity index (χ2n) is 8.94. The fourth-order valence-electron chi connectivity index (χ4n) is 4.43. The molecule has 0 saturated carbocycles. The lowest BCUT2D eigenvalue weighted by Gasteiger charge is -2.34. The van der Waals surface area contributed by atoms with Crippen molar-refractivity contribution in [1.82, 2.24) is 15.1 Å². The number of ether oxygens (including phenoxy) is 1. The fraction of sp³-hybridized carbons (Fsp3) is 0.500. The summed E-state index contributed by atoms with van der Waals surface area (Å²) in [5.74, 6) is 2.05. The number of hydrogen-bond donors (Lipinski definition) is 2. The number of amides is 1. The van der Waals surface area contributed by atoms with Crippen molar-refractivity contribution in [2.24, 2.45) is 10.7 Å². The summed E-state index contributed by atoms with van der Waals surface area (Å²) in [4.78, 5) is 21.0. The molecule has 3 heterocycles. The second kappa shape index (κ2) is 10.7. The van der Waals surface area contributed by atoms with E-state index in [1.54, 1.807) is 24.1 Å².